The number of anilines is 1. The van der Waals surface area contributed by atoms with Crippen LogP contribution in [0.25, 0.3) is 0 Å². The molecule has 7 nitrogen and oxygen atoms in total. The molecule has 3 aliphatic rings. The number of sulfone groups is 1. The van der Waals surface area contributed by atoms with E-state index in [1.165, 1.54) is 18.2 Å². The average Bonchev–Trinajstić information content (AvgIpc) is 3.10. The van der Waals surface area contributed by atoms with Gasteiger partial charge in [-0.1, -0.05) is 0 Å². The molecule has 3 fully saturated rings. The van der Waals surface area contributed by atoms with E-state index in [9.17, 15) is 18.0 Å². The van der Waals surface area contributed by atoms with E-state index in [0.717, 1.165) is 11.2 Å². The van der Waals surface area contributed by atoms with Crippen molar-refractivity contribution in [3.05, 3.63) is 23.8 Å². The smallest absolute Gasteiger partial charge is 0.240 e. The second-order valence-electron chi connectivity index (χ2n) is 7.76. The van der Waals surface area contributed by atoms with E-state index in [-0.39, 0.29) is 28.0 Å². The molecule has 0 spiro atoms. The number of carbonyl (C=O) groups excluding carboxylic acids is 2. The summed E-state index contributed by atoms with van der Waals surface area (Å²) < 4.78 is 30.0. The van der Waals surface area contributed by atoms with Gasteiger partial charge in [0.1, 0.15) is 6.07 Å². The van der Waals surface area contributed by atoms with E-state index in [4.69, 9.17) is 10.00 Å². The lowest BCUT2D eigenvalue weighted by atomic mass is 9.69. The van der Waals surface area contributed by atoms with E-state index >= 15 is 0 Å². The van der Waals surface area contributed by atoms with Gasteiger partial charge in [0.2, 0.25) is 11.8 Å². The van der Waals surface area contributed by atoms with Crippen LogP contribution in [0, 0.1) is 23.2 Å². The van der Waals surface area contributed by atoms with Crippen LogP contribution in [0.15, 0.2) is 23.1 Å². The first kappa shape index (κ1) is 17.2. The van der Waals surface area contributed by atoms with Gasteiger partial charge >= 0.3 is 0 Å². The molecule has 4 unspecified atom stereocenters. The molecule has 3 aliphatic heterocycles. The maximum atomic E-state index is 13.1. The summed E-state index contributed by atoms with van der Waals surface area (Å²) in [5, 5.41) is 9.14. The summed E-state index contributed by atoms with van der Waals surface area (Å²) in [4.78, 5) is 27.0. The molecule has 4 rings (SSSR count). The Bertz CT molecular complexity index is 977. The highest BCUT2D eigenvalue weighted by atomic mass is 32.2. The van der Waals surface area contributed by atoms with Crippen LogP contribution in [0.2, 0.25) is 0 Å². The monoisotopic (exact) mass is 374 g/mol. The molecule has 4 atom stereocenters. The number of amides is 2. The minimum absolute atomic E-state index is 0.0159. The predicted molar refractivity (Wildman–Crippen MR) is 90.9 cm³/mol. The van der Waals surface area contributed by atoms with Crippen molar-refractivity contribution in [2.45, 2.75) is 42.8 Å². The lowest BCUT2D eigenvalue weighted by Crippen LogP contribution is -2.40. The standard InChI is InChI=1S/C18H18N2O5S/c1-17-6-7-18(2,25-17)14-13(17)15(21)20(16(14)22)11-5-4-10(9-19)12(8-11)26(3,23)24/h4-5,8,13-14H,6-7H2,1-3H3. The van der Waals surface area contributed by atoms with Gasteiger partial charge in [-0.3, -0.25) is 9.59 Å². The summed E-state index contributed by atoms with van der Waals surface area (Å²) in [6.45, 7) is 3.72. The van der Waals surface area contributed by atoms with Crippen LogP contribution >= 0.6 is 0 Å². The Hall–Kier alpha value is -2.24. The third kappa shape index (κ3) is 2.04. The van der Waals surface area contributed by atoms with Crippen LogP contribution < -0.4 is 4.90 Å². The Labute approximate surface area is 151 Å². The predicted octanol–water partition coefficient (Wildman–Crippen LogP) is 1.41. The lowest BCUT2D eigenvalue weighted by molar-refractivity contribution is -0.129. The fraction of sp³-hybridized carbons (Fsp3) is 0.500. The van der Waals surface area contributed by atoms with Crippen molar-refractivity contribution in [2.75, 3.05) is 11.2 Å². The summed E-state index contributed by atoms with van der Waals surface area (Å²) in [6.07, 6.45) is 2.41. The second kappa shape index (κ2) is 4.93. The third-order valence-electron chi connectivity index (χ3n) is 5.95. The average molecular weight is 374 g/mol. The Balaban J connectivity index is 1.83. The molecule has 0 radical (unpaired) electrons. The van der Waals surface area contributed by atoms with E-state index < -0.39 is 32.9 Å². The van der Waals surface area contributed by atoms with Crippen LogP contribution in [-0.2, 0) is 24.2 Å². The Morgan fingerprint density at radius 3 is 2.15 bits per heavy atom. The molecule has 1 aromatic rings. The zero-order chi connectivity index (χ0) is 19.1. The molecular weight excluding hydrogens is 356 g/mol. The minimum Gasteiger partial charge on any atom is -0.367 e. The zero-order valence-electron chi connectivity index (χ0n) is 14.6. The molecule has 8 heteroatoms. The van der Waals surface area contributed by atoms with Crippen molar-refractivity contribution in [3.63, 3.8) is 0 Å². The Morgan fingerprint density at radius 2 is 1.69 bits per heavy atom. The van der Waals surface area contributed by atoms with Gasteiger partial charge in [-0.05, 0) is 44.9 Å². The molecule has 0 aromatic heterocycles. The van der Waals surface area contributed by atoms with Gasteiger partial charge in [-0.2, -0.15) is 5.26 Å². The lowest BCUT2D eigenvalue weighted by Gasteiger charge is -2.27. The fourth-order valence-corrected chi connectivity index (χ4v) is 5.62. The molecule has 26 heavy (non-hydrogen) atoms. The molecular formula is C18H18N2O5S. The van der Waals surface area contributed by atoms with E-state index in [2.05, 4.69) is 0 Å². The molecule has 0 N–H and O–H groups in total. The summed E-state index contributed by atoms with van der Waals surface area (Å²) in [6, 6.07) is 5.84. The number of rotatable bonds is 2. The molecule has 0 aliphatic carbocycles. The first-order valence-electron chi connectivity index (χ1n) is 8.34. The van der Waals surface area contributed by atoms with E-state index in [1.54, 1.807) is 0 Å². The maximum Gasteiger partial charge on any atom is 0.240 e. The SMILES string of the molecule is CC12CCC(C)(O1)C1C(=O)N(c3ccc(C#N)c(S(C)(=O)=O)c3)C(=O)C12. The first-order valence-corrected chi connectivity index (χ1v) is 10.2. The van der Waals surface area contributed by atoms with Crippen molar-refractivity contribution < 1.29 is 22.7 Å². The third-order valence-corrected chi connectivity index (χ3v) is 7.09. The van der Waals surface area contributed by atoms with Gasteiger partial charge < -0.3 is 4.74 Å². The quantitative estimate of drug-likeness (QED) is 0.725. The van der Waals surface area contributed by atoms with Crippen molar-refractivity contribution in [2.24, 2.45) is 11.8 Å². The van der Waals surface area contributed by atoms with Gasteiger partial charge in [0.25, 0.3) is 0 Å². The van der Waals surface area contributed by atoms with Gasteiger partial charge in [-0.25, -0.2) is 13.3 Å². The van der Waals surface area contributed by atoms with Crippen LogP contribution in [0.1, 0.15) is 32.3 Å². The van der Waals surface area contributed by atoms with Crippen LogP contribution in [-0.4, -0.2) is 37.7 Å². The normalized spacial score (nSPS) is 35.7. The molecule has 2 amide bonds. The highest BCUT2D eigenvalue weighted by molar-refractivity contribution is 7.90. The van der Waals surface area contributed by atoms with Gasteiger partial charge in [0, 0.05) is 6.26 Å². The number of hydrogen-bond acceptors (Lipinski definition) is 6. The Kier molecular flexibility index (Phi) is 3.26. The summed E-state index contributed by atoms with van der Waals surface area (Å²) >= 11 is 0. The number of carbonyl (C=O) groups is 2. The van der Waals surface area contributed by atoms with Crippen LogP contribution in [0.3, 0.4) is 0 Å². The van der Waals surface area contributed by atoms with Crippen LogP contribution in [0.4, 0.5) is 5.69 Å². The molecule has 3 heterocycles. The Morgan fingerprint density at radius 1 is 1.15 bits per heavy atom. The molecule has 1 aromatic carbocycles. The van der Waals surface area contributed by atoms with Crippen molar-refractivity contribution in [1.29, 1.82) is 5.26 Å². The van der Waals surface area contributed by atoms with E-state index in [0.29, 0.717) is 12.8 Å². The highest BCUT2D eigenvalue weighted by Crippen LogP contribution is 2.60. The first-order chi connectivity index (χ1) is 12.0. The van der Waals surface area contributed by atoms with E-state index in [1.807, 2.05) is 19.9 Å². The molecule has 136 valence electrons. The number of hydrogen-bond donors (Lipinski definition) is 0. The van der Waals surface area contributed by atoms with Crippen molar-refractivity contribution in [1.82, 2.24) is 0 Å². The minimum atomic E-state index is -3.68. The van der Waals surface area contributed by atoms with Gasteiger partial charge in [-0.15, -0.1) is 0 Å². The summed E-state index contributed by atoms with van der Waals surface area (Å²) in [5.74, 6) is -1.86. The number of ether oxygens (including phenoxy) is 1. The van der Waals surface area contributed by atoms with Gasteiger partial charge in [0.05, 0.1) is 39.2 Å². The van der Waals surface area contributed by atoms with Gasteiger partial charge in [0.15, 0.2) is 9.84 Å². The zero-order valence-corrected chi connectivity index (χ0v) is 15.5. The number of fused-ring (bicyclic) bond motifs is 5. The van der Waals surface area contributed by atoms with Crippen LogP contribution in [0.5, 0.6) is 0 Å². The summed E-state index contributed by atoms with van der Waals surface area (Å²) in [7, 11) is -3.68. The van der Waals surface area contributed by atoms with Crippen molar-refractivity contribution in [3.8, 4) is 6.07 Å². The maximum absolute atomic E-state index is 13.1. The molecule has 3 saturated heterocycles. The highest BCUT2D eigenvalue weighted by Gasteiger charge is 2.72. The largest absolute Gasteiger partial charge is 0.367 e. The number of imide groups is 1. The molecule has 0 saturated carbocycles. The fourth-order valence-electron chi connectivity index (χ4n) is 4.77. The molecule has 2 bridgehead atoms. The number of nitrogens with zero attached hydrogens (tertiary/aromatic N) is 2. The summed E-state index contributed by atoms with van der Waals surface area (Å²) in [5.41, 5.74) is -1.18. The topological polar surface area (TPSA) is 105 Å². The number of nitriles is 1. The second-order valence-corrected chi connectivity index (χ2v) is 9.74. The number of benzene rings is 1. The van der Waals surface area contributed by atoms with Crippen molar-refractivity contribution >= 4 is 27.3 Å².